The van der Waals surface area contributed by atoms with Crippen molar-refractivity contribution in [1.29, 1.82) is 0 Å². The third-order valence-corrected chi connectivity index (χ3v) is 5.47. The van der Waals surface area contributed by atoms with Crippen LogP contribution < -0.4 is 4.74 Å². The number of methoxy groups -OCH3 is 1. The molecule has 1 aliphatic rings. The molecule has 138 valence electrons. The van der Waals surface area contributed by atoms with Crippen molar-refractivity contribution in [2.75, 3.05) is 7.11 Å². The number of ether oxygens (including phenoxy) is 1. The van der Waals surface area contributed by atoms with Crippen molar-refractivity contribution in [3.63, 3.8) is 0 Å². The van der Waals surface area contributed by atoms with Gasteiger partial charge in [-0.25, -0.2) is 0 Å². The molecular formula is C24H20N2O2. The van der Waals surface area contributed by atoms with Crippen LogP contribution in [0.25, 0.3) is 27.6 Å². The molecule has 0 fully saturated rings. The number of rotatable bonds is 3. The van der Waals surface area contributed by atoms with E-state index in [2.05, 4.69) is 52.6 Å². The van der Waals surface area contributed by atoms with Crippen molar-refractivity contribution in [3.05, 3.63) is 82.9 Å². The van der Waals surface area contributed by atoms with Crippen molar-refractivity contribution in [2.24, 2.45) is 0 Å². The molecule has 0 unspecified atom stereocenters. The highest BCUT2D eigenvalue weighted by molar-refractivity contribution is 6.03. The van der Waals surface area contributed by atoms with Crippen molar-refractivity contribution in [2.45, 2.75) is 20.3 Å². The van der Waals surface area contributed by atoms with Gasteiger partial charge in [-0.1, -0.05) is 41.6 Å². The summed E-state index contributed by atoms with van der Waals surface area (Å²) < 4.78 is 10.9. The lowest BCUT2D eigenvalue weighted by molar-refractivity contribution is 0.393. The molecule has 4 heteroatoms. The van der Waals surface area contributed by atoms with Crippen molar-refractivity contribution in [1.82, 2.24) is 10.1 Å². The van der Waals surface area contributed by atoms with E-state index in [-0.39, 0.29) is 0 Å². The molecule has 4 nitrogen and oxygen atoms in total. The van der Waals surface area contributed by atoms with Gasteiger partial charge in [0, 0.05) is 10.9 Å². The topological polar surface area (TPSA) is 48.2 Å². The fourth-order valence-corrected chi connectivity index (χ4v) is 4.20. The number of benzene rings is 2. The molecule has 0 spiro atoms. The predicted octanol–water partition coefficient (Wildman–Crippen LogP) is 5.50. The Balaban J connectivity index is 1.86. The van der Waals surface area contributed by atoms with Gasteiger partial charge in [0.1, 0.15) is 11.5 Å². The maximum Gasteiger partial charge on any atom is 0.141 e. The summed E-state index contributed by atoms with van der Waals surface area (Å²) in [5.41, 5.74) is 9.03. The van der Waals surface area contributed by atoms with Gasteiger partial charge in [-0.15, -0.1) is 0 Å². The van der Waals surface area contributed by atoms with Crippen LogP contribution in [-0.2, 0) is 6.42 Å². The molecule has 0 aliphatic heterocycles. The van der Waals surface area contributed by atoms with E-state index in [1.807, 2.05) is 19.9 Å². The smallest absolute Gasteiger partial charge is 0.141 e. The maximum atomic E-state index is 5.46. The summed E-state index contributed by atoms with van der Waals surface area (Å²) in [5, 5.41) is 5.28. The molecule has 1 aliphatic carbocycles. The first-order chi connectivity index (χ1) is 13.7. The van der Waals surface area contributed by atoms with E-state index >= 15 is 0 Å². The van der Waals surface area contributed by atoms with Gasteiger partial charge < -0.3 is 9.26 Å². The van der Waals surface area contributed by atoms with Crippen LogP contribution in [0.1, 0.15) is 28.1 Å². The minimum Gasteiger partial charge on any atom is -0.495 e. The normalized spacial score (nSPS) is 12.9. The summed E-state index contributed by atoms with van der Waals surface area (Å²) in [6.07, 6.45) is 4.94. The maximum absolute atomic E-state index is 5.46. The second-order valence-electron chi connectivity index (χ2n) is 7.11. The van der Waals surface area contributed by atoms with E-state index in [1.165, 1.54) is 22.3 Å². The lowest BCUT2D eigenvalue weighted by atomic mass is 9.89. The summed E-state index contributed by atoms with van der Waals surface area (Å²) in [5.74, 6) is 1.60. The number of aromatic nitrogens is 2. The molecule has 2 aromatic heterocycles. The molecule has 2 heterocycles. The Labute approximate surface area is 163 Å². The quantitative estimate of drug-likeness (QED) is 0.479. The molecular weight excluding hydrogens is 348 g/mol. The molecule has 0 radical (unpaired) electrons. The second-order valence-corrected chi connectivity index (χ2v) is 7.11. The van der Waals surface area contributed by atoms with E-state index < -0.39 is 0 Å². The lowest BCUT2D eigenvalue weighted by Crippen LogP contribution is -1.97. The van der Waals surface area contributed by atoms with Gasteiger partial charge >= 0.3 is 0 Å². The Hall–Kier alpha value is -3.40. The van der Waals surface area contributed by atoms with Crippen LogP contribution in [-0.4, -0.2) is 17.3 Å². The molecule has 5 rings (SSSR count). The van der Waals surface area contributed by atoms with Crippen LogP contribution in [0, 0.1) is 13.8 Å². The summed E-state index contributed by atoms with van der Waals surface area (Å²) in [4.78, 5) is 4.68. The SMILES string of the molecule is COc1cnc2cc(-c3c(C)noc3C)c3c(c2c1)C(c1ccccc1)=CC3. The van der Waals surface area contributed by atoms with Gasteiger partial charge in [0.05, 0.1) is 24.5 Å². The molecule has 0 N–H and O–H groups in total. The van der Waals surface area contributed by atoms with Crippen LogP contribution >= 0.6 is 0 Å². The summed E-state index contributed by atoms with van der Waals surface area (Å²) >= 11 is 0. The molecule has 0 saturated carbocycles. The first-order valence-electron chi connectivity index (χ1n) is 9.36. The Morgan fingerprint density at radius 2 is 1.86 bits per heavy atom. The van der Waals surface area contributed by atoms with Gasteiger partial charge in [-0.05, 0) is 60.2 Å². The Kier molecular flexibility index (Phi) is 3.79. The number of allylic oxidation sites excluding steroid dienone is 1. The lowest BCUT2D eigenvalue weighted by Gasteiger charge is -2.15. The molecule has 4 aromatic rings. The number of hydrogen-bond acceptors (Lipinski definition) is 4. The summed E-state index contributed by atoms with van der Waals surface area (Å²) in [7, 11) is 1.68. The van der Waals surface area contributed by atoms with Gasteiger partial charge in [-0.2, -0.15) is 0 Å². The highest BCUT2D eigenvalue weighted by atomic mass is 16.5. The van der Waals surface area contributed by atoms with Gasteiger partial charge in [0.2, 0.25) is 0 Å². The molecule has 0 atom stereocenters. The highest BCUT2D eigenvalue weighted by Crippen LogP contribution is 2.44. The van der Waals surface area contributed by atoms with Crippen LogP contribution in [0.15, 0.2) is 59.3 Å². The zero-order chi connectivity index (χ0) is 19.3. The Morgan fingerprint density at radius 1 is 1.04 bits per heavy atom. The summed E-state index contributed by atoms with van der Waals surface area (Å²) in [6.45, 7) is 3.96. The monoisotopic (exact) mass is 368 g/mol. The first-order valence-corrected chi connectivity index (χ1v) is 9.36. The third-order valence-electron chi connectivity index (χ3n) is 5.47. The minimum absolute atomic E-state index is 0.763. The molecule has 2 aromatic carbocycles. The second kappa shape index (κ2) is 6.34. The van der Waals surface area contributed by atoms with E-state index in [9.17, 15) is 0 Å². The largest absolute Gasteiger partial charge is 0.495 e. The summed E-state index contributed by atoms with van der Waals surface area (Å²) in [6, 6.07) is 14.7. The molecule has 0 saturated heterocycles. The van der Waals surface area contributed by atoms with Gasteiger partial charge in [0.25, 0.3) is 0 Å². The van der Waals surface area contributed by atoms with Crippen LogP contribution in [0.5, 0.6) is 5.75 Å². The standard InChI is InChI=1S/C24H20N2O2/c1-14-23(15(2)28-26-14)20-12-22-21(11-17(27-3)13-25-22)24-18(9-10-19(20)24)16-7-5-4-6-8-16/h4-9,11-13H,10H2,1-3H3. The zero-order valence-electron chi connectivity index (χ0n) is 16.1. The first kappa shape index (κ1) is 16.8. The number of nitrogens with zero attached hydrogens (tertiary/aromatic N) is 2. The fourth-order valence-electron chi connectivity index (χ4n) is 4.20. The van der Waals surface area contributed by atoms with E-state index in [1.54, 1.807) is 13.3 Å². The van der Waals surface area contributed by atoms with Crippen molar-refractivity contribution in [3.8, 4) is 16.9 Å². The predicted molar refractivity (Wildman–Crippen MR) is 110 cm³/mol. The fraction of sp³-hybridized carbons (Fsp3) is 0.167. The minimum atomic E-state index is 0.763. The van der Waals surface area contributed by atoms with E-state index in [4.69, 9.17) is 9.26 Å². The van der Waals surface area contributed by atoms with E-state index in [0.717, 1.165) is 45.7 Å². The van der Waals surface area contributed by atoms with Crippen LogP contribution in [0.3, 0.4) is 0 Å². The number of hydrogen-bond donors (Lipinski definition) is 0. The average molecular weight is 368 g/mol. The Bertz CT molecular complexity index is 1220. The Morgan fingerprint density at radius 3 is 2.57 bits per heavy atom. The van der Waals surface area contributed by atoms with Crippen molar-refractivity contribution < 1.29 is 9.26 Å². The molecule has 0 bridgehead atoms. The third kappa shape index (κ3) is 2.45. The van der Waals surface area contributed by atoms with Crippen molar-refractivity contribution >= 4 is 16.5 Å². The van der Waals surface area contributed by atoms with Gasteiger partial charge in [0.15, 0.2) is 0 Å². The van der Waals surface area contributed by atoms with E-state index in [0.29, 0.717) is 0 Å². The number of pyridine rings is 1. The number of fused-ring (bicyclic) bond motifs is 3. The van der Waals surface area contributed by atoms with Crippen LogP contribution in [0.2, 0.25) is 0 Å². The number of aryl methyl sites for hydroxylation is 2. The van der Waals surface area contributed by atoms with Gasteiger partial charge in [-0.3, -0.25) is 4.98 Å². The van der Waals surface area contributed by atoms with Crippen LogP contribution in [0.4, 0.5) is 0 Å². The zero-order valence-corrected chi connectivity index (χ0v) is 16.1. The average Bonchev–Trinajstić information content (AvgIpc) is 3.32. The highest BCUT2D eigenvalue weighted by Gasteiger charge is 2.26. The molecule has 0 amide bonds. The molecule has 28 heavy (non-hydrogen) atoms.